The second-order valence-corrected chi connectivity index (χ2v) is 4.81. The summed E-state index contributed by atoms with van der Waals surface area (Å²) in [4.78, 5) is 18.7. The Morgan fingerprint density at radius 2 is 2.14 bits per heavy atom. The second-order valence-electron chi connectivity index (χ2n) is 4.81. The van der Waals surface area contributed by atoms with Crippen LogP contribution in [0.25, 0.3) is 22.6 Å². The number of carbonyl (C=O) groups is 1. The summed E-state index contributed by atoms with van der Waals surface area (Å²) < 4.78 is 1.90. The molecule has 6 nitrogen and oxygen atoms in total. The minimum absolute atomic E-state index is 0.246. The highest BCUT2D eigenvalue weighted by molar-refractivity contribution is 5.92. The van der Waals surface area contributed by atoms with Crippen molar-refractivity contribution in [3.63, 3.8) is 0 Å². The Kier molecular flexibility index (Phi) is 3.21. The highest BCUT2D eigenvalue weighted by Crippen LogP contribution is 2.22. The Bertz CT molecular complexity index is 816. The van der Waals surface area contributed by atoms with Crippen LogP contribution in [0.5, 0.6) is 0 Å². The van der Waals surface area contributed by atoms with Crippen LogP contribution in [-0.2, 0) is 13.0 Å². The number of aromatic nitrogens is 4. The zero-order chi connectivity index (χ0) is 15.0. The fourth-order valence-corrected chi connectivity index (χ4v) is 2.34. The van der Waals surface area contributed by atoms with Gasteiger partial charge in [0, 0.05) is 6.54 Å². The topological polar surface area (TPSA) is 83.8 Å². The number of aryl methyl sites for hydroxylation is 2. The van der Waals surface area contributed by atoms with Crippen molar-refractivity contribution in [3.8, 4) is 11.5 Å². The quantitative estimate of drug-likeness (QED) is 0.771. The van der Waals surface area contributed by atoms with Crippen LogP contribution in [-0.4, -0.2) is 30.8 Å². The van der Waals surface area contributed by atoms with Gasteiger partial charge in [0.2, 0.25) is 0 Å². The van der Waals surface area contributed by atoms with Crippen LogP contribution in [0.2, 0.25) is 0 Å². The maximum absolute atomic E-state index is 11.0. The van der Waals surface area contributed by atoms with Gasteiger partial charge in [0.05, 0.1) is 22.3 Å². The van der Waals surface area contributed by atoms with Crippen LogP contribution in [0.15, 0.2) is 24.3 Å². The van der Waals surface area contributed by atoms with Crippen LogP contribution >= 0.6 is 0 Å². The number of hydrogen-bond acceptors (Lipinski definition) is 3. The van der Waals surface area contributed by atoms with Crippen LogP contribution in [0.1, 0.15) is 29.9 Å². The lowest BCUT2D eigenvalue weighted by Crippen LogP contribution is -2.00. The molecule has 3 aromatic rings. The third kappa shape index (κ3) is 2.29. The molecule has 0 bridgehead atoms. The van der Waals surface area contributed by atoms with Crippen LogP contribution < -0.4 is 0 Å². The molecule has 0 unspecified atom stereocenters. The van der Waals surface area contributed by atoms with Crippen LogP contribution in [0.3, 0.4) is 0 Å². The van der Waals surface area contributed by atoms with Crippen molar-refractivity contribution in [1.82, 2.24) is 19.7 Å². The number of nitrogens with zero attached hydrogens (tertiary/aromatic N) is 3. The smallest absolute Gasteiger partial charge is 0.335 e. The molecular formula is C15H16N4O2. The lowest BCUT2D eigenvalue weighted by Gasteiger charge is -2.00. The third-order valence-electron chi connectivity index (χ3n) is 3.46. The fraction of sp³-hybridized carbons (Fsp3) is 0.267. The predicted molar refractivity (Wildman–Crippen MR) is 79.3 cm³/mol. The van der Waals surface area contributed by atoms with Crippen molar-refractivity contribution in [2.45, 2.75) is 26.8 Å². The first-order valence-electron chi connectivity index (χ1n) is 6.92. The number of H-pyrrole nitrogens is 1. The molecule has 2 aromatic heterocycles. The molecule has 0 radical (unpaired) electrons. The molecular weight excluding hydrogens is 268 g/mol. The van der Waals surface area contributed by atoms with Gasteiger partial charge in [0.1, 0.15) is 5.69 Å². The molecule has 108 valence electrons. The van der Waals surface area contributed by atoms with Crippen molar-refractivity contribution in [3.05, 3.63) is 35.5 Å². The molecule has 0 atom stereocenters. The van der Waals surface area contributed by atoms with E-state index in [-0.39, 0.29) is 5.56 Å². The zero-order valence-electron chi connectivity index (χ0n) is 11.9. The predicted octanol–water partition coefficient (Wildman–Crippen LogP) is 2.71. The standard InChI is InChI=1S/C15H16N4O2/c1-3-10-8-13(19(4-2)18-10)14-16-11-6-5-9(15(20)21)7-12(11)17-14/h5-8H,3-4H2,1-2H3,(H,16,17)(H,20,21). The summed E-state index contributed by atoms with van der Waals surface area (Å²) in [5.74, 6) is -0.235. The maximum atomic E-state index is 11.0. The molecule has 21 heavy (non-hydrogen) atoms. The first-order chi connectivity index (χ1) is 10.1. The number of rotatable bonds is 4. The largest absolute Gasteiger partial charge is 0.478 e. The van der Waals surface area contributed by atoms with Crippen LogP contribution in [0.4, 0.5) is 0 Å². The molecule has 0 saturated carbocycles. The van der Waals surface area contributed by atoms with E-state index < -0.39 is 5.97 Å². The Labute approximate surface area is 121 Å². The number of imidazole rings is 1. The molecule has 2 N–H and O–H groups in total. The molecule has 0 amide bonds. The third-order valence-corrected chi connectivity index (χ3v) is 3.46. The van der Waals surface area contributed by atoms with Gasteiger partial charge in [-0.05, 0) is 37.6 Å². The van der Waals surface area contributed by atoms with Gasteiger partial charge in [0.25, 0.3) is 0 Å². The summed E-state index contributed by atoms with van der Waals surface area (Å²) in [6.07, 6.45) is 0.864. The highest BCUT2D eigenvalue weighted by atomic mass is 16.4. The molecule has 0 saturated heterocycles. The number of nitrogens with one attached hydrogen (secondary N) is 1. The average molecular weight is 284 g/mol. The van der Waals surface area contributed by atoms with Gasteiger partial charge in [-0.15, -0.1) is 0 Å². The molecule has 6 heteroatoms. The van der Waals surface area contributed by atoms with E-state index >= 15 is 0 Å². The van der Waals surface area contributed by atoms with E-state index in [1.807, 2.05) is 17.7 Å². The summed E-state index contributed by atoms with van der Waals surface area (Å²) in [6.45, 7) is 4.85. The Balaban J connectivity index is 2.12. The van der Waals surface area contributed by atoms with Crippen molar-refractivity contribution in [2.24, 2.45) is 0 Å². The molecule has 0 fully saturated rings. The Morgan fingerprint density at radius 1 is 1.33 bits per heavy atom. The minimum Gasteiger partial charge on any atom is -0.478 e. The molecule has 3 rings (SSSR count). The molecule has 0 aliphatic rings. The lowest BCUT2D eigenvalue weighted by molar-refractivity contribution is 0.0697. The summed E-state index contributed by atoms with van der Waals surface area (Å²) in [5, 5.41) is 13.5. The number of carboxylic acids is 1. The van der Waals surface area contributed by atoms with E-state index in [1.54, 1.807) is 18.2 Å². The minimum atomic E-state index is -0.945. The molecule has 0 spiro atoms. The number of fused-ring (bicyclic) bond motifs is 1. The molecule has 1 aromatic carbocycles. The molecule has 2 heterocycles. The normalized spacial score (nSPS) is 11.1. The van der Waals surface area contributed by atoms with Crippen molar-refractivity contribution in [1.29, 1.82) is 0 Å². The summed E-state index contributed by atoms with van der Waals surface area (Å²) >= 11 is 0. The van der Waals surface area contributed by atoms with Crippen molar-refractivity contribution >= 4 is 17.0 Å². The van der Waals surface area contributed by atoms with Crippen molar-refractivity contribution in [2.75, 3.05) is 0 Å². The number of carboxylic acid groups (broad SMARTS) is 1. The van der Waals surface area contributed by atoms with E-state index in [1.165, 1.54) is 0 Å². The van der Waals surface area contributed by atoms with Gasteiger partial charge in [-0.2, -0.15) is 5.10 Å². The first-order valence-corrected chi connectivity index (χ1v) is 6.92. The summed E-state index contributed by atoms with van der Waals surface area (Å²) in [5.41, 5.74) is 3.64. The monoisotopic (exact) mass is 284 g/mol. The fourth-order valence-electron chi connectivity index (χ4n) is 2.34. The Morgan fingerprint density at radius 3 is 2.81 bits per heavy atom. The average Bonchev–Trinajstić information content (AvgIpc) is 3.09. The highest BCUT2D eigenvalue weighted by Gasteiger charge is 2.13. The van der Waals surface area contributed by atoms with Gasteiger partial charge >= 0.3 is 5.97 Å². The summed E-state index contributed by atoms with van der Waals surface area (Å²) in [6, 6.07) is 6.89. The van der Waals surface area contributed by atoms with Crippen molar-refractivity contribution < 1.29 is 9.90 Å². The van der Waals surface area contributed by atoms with E-state index in [2.05, 4.69) is 22.0 Å². The van der Waals surface area contributed by atoms with Crippen LogP contribution in [0, 0.1) is 0 Å². The maximum Gasteiger partial charge on any atom is 0.335 e. The molecule has 0 aliphatic heterocycles. The number of benzene rings is 1. The van der Waals surface area contributed by atoms with E-state index in [9.17, 15) is 4.79 Å². The van der Waals surface area contributed by atoms with Gasteiger partial charge in [-0.25, -0.2) is 9.78 Å². The summed E-state index contributed by atoms with van der Waals surface area (Å²) in [7, 11) is 0. The SMILES string of the molecule is CCc1cc(-c2nc3ccc(C(=O)O)cc3[nH]2)n(CC)n1. The van der Waals surface area contributed by atoms with Gasteiger partial charge in [0.15, 0.2) is 5.82 Å². The first kappa shape index (κ1) is 13.4. The van der Waals surface area contributed by atoms with E-state index in [0.717, 1.165) is 29.9 Å². The van der Waals surface area contributed by atoms with Gasteiger partial charge < -0.3 is 10.1 Å². The van der Waals surface area contributed by atoms with E-state index in [0.29, 0.717) is 11.3 Å². The number of hydrogen-bond donors (Lipinski definition) is 2. The Hall–Kier alpha value is -2.63. The zero-order valence-corrected chi connectivity index (χ0v) is 11.9. The van der Waals surface area contributed by atoms with E-state index in [4.69, 9.17) is 5.11 Å². The van der Waals surface area contributed by atoms with Gasteiger partial charge in [-0.1, -0.05) is 6.92 Å². The second kappa shape index (κ2) is 5.05. The molecule has 0 aliphatic carbocycles. The lowest BCUT2D eigenvalue weighted by atomic mass is 10.2. The van der Waals surface area contributed by atoms with Gasteiger partial charge in [-0.3, -0.25) is 4.68 Å². The number of aromatic carboxylic acids is 1. The number of aromatic amines is 1.